The molecule has 1 aliphatic rings. The summed E-state index contributed by atoms with van der Waals surface area (Å²) in [5.74, 6) is 0.666. The van der Waals surface area contributed by atoms with Crippen molar-refractivity contribution >= 4 is 11.8 Å². The van der Waals surface area contributed by atoms with Crippen LogP contribution in [0.4, 0.5) is 8.78 Å². The molecular weight excluding hydrogens is 284 g/mol. The number of hydrogen-bond acceptors (Lipinski definition) is 4. The van der Waals surface area contributed by atoms with Crippen LogP contribution in [-0.4, -0.2) is 41.9 Å². The summed E-state index contributed by atoms with van der Waals surface area (Å²) in [6.45, 7) is 0.499. The molecule has 1 unspecified atom stereocenters. The van der Waals surface area contributed by atoms with Gasteiger partial charge in [-0.1, -0.05) is 0 Å². The van der Waals surface area contributed by atoms with Gasteiger partial charge in [-0.2, -0.15) is 11.8 Å². The zero-order valence-electron chi connectivity index (χ0n) is 11.1. The minimum absolute atomic E-state index is 0.0551. The first-order chi connectivity index (χ1) is 9.65. The van der Waals surface area contributed by atoms with Gasteiger partial charge in [0.15, 0.2) is 11.6 Å². The van der Waals surface area contributed by atoms with Crippen LogP contribution in [0.15, 0.2) is 18.2 Å². The van der Waals surface area contributed by atoms with Crippen LogP contribution in [0.3, 0.4) is 0 Å². The van der Waals surface area contributed by atoms with E-state index in [0.29, 0.717) is 12.6 Å². The van der Waals surface area contributed by atoms with Crippen molar-refractivity contribution in [1.82, 2.24) is 5.32 Å². The summed E-state index contributed by atoms with van der Waals surface area (Å²) in [7, 11) is 0. The summed E-state index contributed by atoms with van der Waals surface area (Å²) in [6, 6.07) is 3.79. The predicted molar refractivity (Wildman–Crippen MR) is 76.2 cm³/mol. The van der Waals surface area contributed by atoms with E-state index in [0.717, 1.165) is 36.5 Å². The minimum Gasteiger partial charge on any atom is -0.491 e. The van der Waals surface area contributed by atoms with Crippen LogP contribution >= 0.6 is 11.8 Å². The molecule has 0 aliphatic carbocycles. The minimum atomic E-state index is -0.949. The molecule has 0 amide bonds. The second kappa shape index (κ2) is 7.81. The van der Waals surface area contributed by atoms with Crippen LogP contribution in [0.1, 0.15) is 12.8 Å². The lowest BCUT2D eigenvalue weighted by Crippen LogP contribution is -2.39. The Labute approximate surface area is 121 Å². The van der Waals surface area contributed by atoms with Crippen LogP contribution < -0.4 is 10.1 Å². The fourth-order valence-corrected chi connectivity index (χ4v) is 3.13. The van der Waals surface area contributed by atoms with E-state index in [2.05, 4.69) is 5.32 Å². The van der Waals surface area contributed by atoms with Gasteiger partial charge in [0.1, 0.15) is 18.5 Å². The highest BCUT2D eigenvalue weighted by molar-refractivity contribution is 7.99. The summed E-state index contributed by atoms with van der Waals surface area (Å²) in [4.78, 5) is 0. The largest absolute Gasteiger partial charge is 0.491 e. The van der Waals surface area contributed by atoms with Gasteiger partial charge in [-0.05, 0) is 36.5 Å². The van der Waals surface area contributed by atoms with Crippen molar-refractivity contribution in [2.45, 2.75) is 25.0 Å². The average Bonchev–Trinajstić information content (AvgIpc) is 2.47. The van der Waals surface area contributed by atoms with Crippen LogP contribution in [0.25, 0.3) is 0 Å². The molecule has 3 nitrogen and oxygen atoms in total. The SMILES string of the molecule is OC(CNC1CCSCC1)COc1ccc(F)c(F)c1. The molecule has 0 bridgehead atoms. The van der Waals surface area contributed by atoms with E-state index < -0.39 is 17.7 Å². The van der Waals surface area contributed by atoms with Gasteiger partial charge < -0.3 is 15.2 Å². The molecule has 1 aromatic carbocycles. The Bertz CT molecular complexity index is 428. The van der Waals surface area contributed by atoms with Crippen LogP contribution in [0.5, 0.6) is 5.75 Å². The predicted octanol–water partition coefficient (Wildman–Crippen LogP) is 2.19. The molecule has 20 heavy (non-hydrogen) atoms. The van der Waals surface area contributed by atoms with Gasteiger partial charge in [0, 0.05) is 18.7 Å². The summed E-state index contributed by atoms with van der Waals surface area (Å²) < 4.78 is 30.9. The zero-order chi connectivity index (χ0) is 14.4. The van der Waals surface area contributed by atoms with Crippen molar-refractivity contribution in [3.05, 3.63) is 29.8 Å². The van der Waals surface area contributed by atoms with E-state index in [1.807, 2.05) is 11.8 Å². The highest BCUT2D eigenvalue weighted by Crippen LogP contribution is 2.17. The monoisotopic (exact) mass is 303 g/mol. The number of halogens is 2. The molecule has 0 spiro atoms. The van der Waals surface area contributed by atoms with E-state index in [4.69, 9.17) is 4.74 Å². The summed E-state index contributed by atoms with van der Waals surface area (Å²) >= 11 is 1.95. The molecule has 0 aromatic heterocycles. The van der Waals surface area contributed by atoms with Crippen LogP contribution in [-0.2, 0) is 0 Å². The Morgan fingerprint density at radius 1 is 1.30 bits per heavy atom. The van der Waals surface area contributed by atoms with Gasteiger partial charge in [-0.25, -0.2) is 8.78 Å². The lowest BCUT2D eigenvalue weighted by molar-refractivity contribution is 0.103. The molecule has 1 saturated heterocycles. The fourth-order valence-electron chi connectivity index (χ4n) is 2.02. The third-order valence-electron chi connectivity index (χ3n) is 3.20. The number of aliphatic hydroxyl groups excluding tert-OH is 1. The van der Waals surface area contributed by atoms with E-state index in [9.17, 15) is 13.9 Å². The lowest BCUT2D eigenvalue weighted by Gasteiger charge is -2.24. The van der Waals surface area contributed by atoms with Gasteiger partial charge in [-0.3, -0.25) is 0 Å². The lowest BCUT2D eigenvalue weighted by atomic mass is 10.1. The standard InChI is InChI=1S/C14H19F2NO2S/c15-13-2-1-12(7-14(13)16)19-9-11(18)8-17-10-3-5-20-6-4-10/h1-2,7,10-11,17-18H,3-6,8-9H2. The van der Waals surface area contributed by atoms with Gasteiger partial charge in [0.2, 0.25) is 0 Å². The molecule has 0 saturated carbocycles. The molecule has 0 radical (unpaired) electrons. The number of hydrogen-bond donors (Lipinski definition) is 2. The summed E-state index contributed by atoms with van der Waals surface area (Å²) in [6.07, 6.45) is 1.56. The Morgan fingerprint density at radius 3 is 2.75 bits per heavy atom. The Kier molecular flexibility index (Phi) is 6.06. The Morgan fingerprint density at radius 2 is 2.05 bits per heavy atom. The third kappa shape index (κ3) is 4.92. The molecule has 2 rings (SSSR count). The van der Waals surface area contributed by atoms with Crippen molar-refractivity contribution in [3.63, 3.8) is 0 Å². The number of ether oxygens (including phenoxy) is 1. The Hall–Kier alpha value is -0.850. The summed E-state index contributed by atoms with van der Waals surface area (Å²) in [5.41, 5.74) is 0. The quantitative estimate of drug-likeness (QED) is 0.845. The first-order valence-electron chi connectivity index (χ1n) is 6.72. The highest BCUT2D eigenvalue weighted by atomic mass is 32.2. The average molecular weight is 303 g/mol. The van der Waals surface area contributed by atoms with Gasteiger partial charge >= 0.3 is 0 Å². The second-order valence-electron chi connectivity index (χ2n) is 4.84. The fraction of sp³-hybridized carbons (Fsp3) is 0.571. The second-order valence-corrected chi connectivity index (χ2v) is 6.06. The molecule has 6 heteroatoms. The van der Waals surface area contributed by atoms with Crippen molar-refractivity contribution in [1.29, 1.82) is 0 Å². The van der Waals surface area contributed by atoms with Gasteiger partial charge in [0.05, 0.1) is 0 Å². The summed E-state index contributed by atoms with van der Waals surface area (Å²) in [5, 5.41) is 13.1. The van der Waals surface area contributed by atoms with E-state index in [1.165, 1.54) is 6.07 Å². The molecular formula is C14H19F2NO2S. The van der Waals surface area contributed by atoms with Gasteiger partial charge in [-0.15, -0.1) is 0 Å². The van der Waals surface area contributed by atoms with Crippen molar-refractivity contribution < 1.29 is 18.6 Å². The molecule has 1 heterocycles. The number of aliphatic hydroxyl groups is 1. The maximum absolute atomic E-state index is 13.0. The normalized spacial score (nSPS) is 17.9. The van der Waals surface area contributed by atoms with Crippen LogP contribution in [0, 0.1) is 11.6 Å². The molecule has 112 valence electrons. The van der Waals surface area contributed by atoms with Crippen LogP contribution in [0.2, 0.25) is 0 Å². The maximum atomic E-state index is 13.0. The molecule has 2 N–H and O–H groups in total. The molecule has 1 aromatic rings. The maximum Gasteiger partial charge on any atom is 0.162 e. The number of thioether (sulfide) groups is 1. The number of benzene rings is 1. The third-order valence-corrected chi connectivity index (χ3v) is 4.25. The van der Waals surface area contributed by atoms with E-state index in [1.54, 1.807) is 0 Å². The van der Waals surface area contributed by atoms with E-state index >= 15 is 0 Å². The first kappa shape index (κ1) is 15.5. The van der Waals surface area contributed by atoms with Crippen molar-refractivity contribution in [3.8, 4) is 5.75 Å². The first-order valence-corrected chi connectivity index (χ1v) is 7.87. The molecule has 1 aliphatic heterocycles. The van der Waals surface area contributed by atoms with E-state index in [-0.39, 0.29) is 12.4 Å². The zero-order valence-corrected chi connectivity index (χ0v) is 12.0. The number of nitrogens with one attached hydrogen (secondary N) is 1. The van der Waals surface area contributed by atoms with Crippen molar-refractivity contribution in [2.75, 3.05) is 24.7 Å². The highest BCUT2D eigenvalue weighted by Gasteiger charge is 2.15. The molecule has 1 fully saturated rings. The Balaban J connectivity index is 1.68. The topological polar surface area (TPSA) is 41.5 Å². The van der Waals surface area contributed by atoms with Gasteiger partial charge in [0.25, 0.3) is 0 Å². The number of rotatable bonds is 6. The smallest absolute Gasteiger partial charge is 0.162 e. The van der Waals surface area contributed by atoms with Crippen molar-refractivity contribution in [2.24, 2.45) is 0 Å². The molecule has 1 atom stereocenters.